The number of H-pyrrole nitrogens is 1. The van der Waals surface area contributed by atoms with Crippen LogP contribution in [-0.2, 0) is 14.4 Å². The predicted octanol–water partition coefficient (Wildman–Crippen LogP) is 1.24. The van der Waals surface area contributed by atoms with Gasteiger partial charge in [-0.15, -0.1) is 28.6 Å². The van der Waals surface area contributed by atoms with E-state index in [9.17, 15) is 28.3 Å². The number of carbonyl (C=O) groups is 3. The topological polar surface area (TPSA) is 128 Å². The van der Waals surface area contributed by atoms with Crippen molar-refractivity contribution in [3.8, 4) is 0 Å². The molecule has 2 aliphatic rings. The fourth-order valence-corrected chi connectivity index (χ4v) is 6.26. The zero-order valence-electron chi connectivity index (χ0n) is 14.0. The average Bonchev–Trinajstić information content (AvgIpc) is 3.18. The van der Waals surface area contributed by atoms with Gasteiger partial charge in [-0.3, -0.25) is 14.5 Å². The van der Waals surface area contributed by atoms with E-state index < -0.39 is 34.5 Å². The number of carbonyl (C=O) groups excluding carboxylic acids is 2. The van der Waals surface area contributed by atoms with Crippen molar-refractivity contribution in [2.75, 3.05) is 17.1 Å². The molecule has 1 saturated heterocycles. The number of β-lactam (4-membered cyclic amide) rings is 1. The molecule has 1 aromatic heterocycles. The van der Waals surface area contributed by atoms with Gasteiger partial charge >= 0.3 is 17.1 Å². The van der Waals surface area contributed by atoms with Crippen molar-refractivity contribution in [2.24, 2.45) is 0 Å². The Bertz CT molecular complexity index is 822. The number of aromatic nitrogens is 3. The highest BCUT2D eigenvalue weighted by Crippen LogP contribution is 2.44. The van der Waals surface area contributed by atoms with E-state index >= 15 is 0 Å². The predicted molar refractivity (Wildman–Crippen MR) is 103 cm³/mol. The van der Waals surface area contributed by atoms with Gasteiger partial charge in [0.1, 0.15) is 22.1 Å². The molecular formula is C13H13F2N5O4S4. The van der Waals surface area contributed by atoms with Crippen LogP contribution in [0.15, 0.2) is 21.8 Å². The molecule has 1 fully saturated rings. The van der Waals surface area contributed by atoms with Crippen LogP contribution in [0.2, 0.25) is 0 Å². The molecule has 0 bridgehead atoms. The van der Waals surface area contributed by atoms with E-state index in [4.69, 9.17) is 0 Å². The number of hydrogen-bond acceptors (Lipinski definition) is 9. The number of fused-ring (bicyclic) bond motifs is 1. The van der Waals surface area contributed by atoms with Crippen molar-refractivity contribution < 1.29 is 28.3 Å². The van der Waals surface area contributed by atoms with Crippen LogP contribution >= 0.6 is 47.0 Å². The first-order valence-corrected chi connectivity index (χ1v) is 11.8. The maximum atomic E-state index is 13.4. The van der Waals surface area contributed by atoms with E-state index in [0.717, 1.165) is 11.2 Å². The summed E-state index contributed by atoms with van der Waals surface area (Å²) in [6, 6.07) is -1.18. The first-order valence-electron chi connectivity index (χ1n) is 7.52. The third kappa shape index (κ3) is 4.11. The Hall–Kier alpha value is -1.45. The molecule has 15 heteroatoms. The van der Waals surface area contributed by atoms with E-state index in [-0.39, 0.29) is 23.2 Å². The maximum Gasteiger partial charge on any atom is 0.370 e. The van der Waals surface area contributed by atoms with Gasteiger partial charge in [0.05, 0.1) is 11.3 Å². The molecule has 0 radical (unpaired) electrons. The van der Waals surface area contributed by atoms with Crippen LogP contribution in [0.25, 0.3) is 0 Å². The fraction of sp³-hybridized carbons (Fsp3) is 0.462. The zero-order valence-corrected chi connectivity index (χ0v) is 17.3. The number of rotatable bonds is 8. The lowest BCUT2D eigenvalue weighted by Crippen LogP contribution is -2.71. The summed E-state index contributed by atoms with van der Waals surface area (Å²) >= 11 is 3.87. The van der Waals surface area contributed by atoms with Gasteiger partial charge in [0.2, 0.25) is 0 Å². The molecule has 2 amide bonds. The number of nitrogens with one attached hydrogen (secondary N) is 2. The minimum absolute atomic E-state index is 0.0581. The number of aliphatic carboxylic acids is 1. The molecular weight excluding hydrogens is 456 g/mol. The highest BCUT2D eigenvalue weighted by Gasteiger charge is 2.55. The van der Waals surface area contributed by atoms with Crippen molar-refractivity contribution in [3.05, 3.63) is 16.8 Å². The quantitative estimate of drug-likeness (QED) is 0.291. The SMILES string of the molecule is CSC(F)(F)C(=O)NC1C(=O)N2C(C(=O)O)=C(SCSc3cn[nH]n3)CS[C@@H]12. The lowest BCUT2D eigenvalue weighted by Gasteiger charge is -2.49. The number of thioether (sulfide) groups is 4. The smallest absolute Gasteiger partial charge is 0.370 e. The molecule has 152 valence electrons. The Morgan fingerprint density at radius 3 is 2.86 bits per heavy atom. The van der Waals surface area contributed by atoms with E-state index in [1.54, 1.807) is 0 Å². The highest BCUT2D eigenvalue weighted by atomic mass is 32.2. The zero-order chi connectivity index (χ0) is 20.5. The van der Waals surface area contributed by atoms with Gasteiger partial charge in [-0.2, -0.15) is 19.1 Å². The van der Waals surface area contributed by atoms with Crippen LogP contribution in [0.4, 0.5) is 8.78 Å². The minimum Gasteiger partial charge on any atom is -0.477 e. The number of nitrogens with zero attached hydrogens (tertiary/aromatic N) is 3. The van der Waals surface area contributed by atoms with Crippen molar-refractivity contribution in [3.63, 3.8) is 0 Å². The number of alkyl halides is 2. The Morgan fingerprint density at radius 2 is 2.25 bits per heavy atom. The fourth-order valence-electron chi connectivity index (χ4n) is 2.44. The second kappa shape index (κ2) is 8.51. The third-order valence-electron chi connectivity index (χ3n) is 3.78. The number of carboxylic acid groups (broad SMARTS) is 1. The van der Waals surface area contributed by atoms with Crippen LogP contribution in [0.3, 0.4) is 0 Å². The second-order valence-electron chi connectivity index (χ2n) is 5.37. The van der Waals surface area contributed by atoms with Gasteiger partial charge in [0.15, 0.2) is 0 Å². The molecule has 3 rings (SSSR count). The lowest BCUT2D eigenvalue weighted by molar-refractivity contribution is -0.152. The first-order chi connectivity index (χ1) is 13.3. The highest BCUT2D eigenvalue weighted by molar-refractivity contribution is 8.18. The minimum atomic E-state index is -3.66. The Labute approximate surface area is 174 Å². The van der Waals surface area contributed by atoms with Gasteiger partial charge < -0.3 is 10.4 Å². The Kier molecular flexibility index (Phi) is 6.46. The summed E-state index contributed by atoms with van der Waals surface area (Å²) in [5.74, 6) is -3.29. The summed E-state index contributed by atoms with van der Waals surface area (Å²) in [6.07, 6.45) is 2.61. The number of hydrogen-bond donors (Lipinski definition) is 3. The number of aromatic amines is 1. The molecule has 0 saturated carbocycles. The number of amides is 2. The molecule has 2 aliphatic heterocycles. The summed E-state index contributed by atoms with van der Waals surface area (Å²) in [5.41, 5.74) is -0.179. The van der Waals surface area contributed by atoms with Crippen LogP contribution in [0.1, 0.15) is 0 Å². The van der Waals surface area contributed by atoms with Crippen molar-refractivity contribution in [1.82, 2.24) is 25.6 Å². The maximum absolute atomic E-state index is 13.4. The van der Waals surface area contributed by atoms with Crippen LogP contribution < -0.4 is 5.32 Å². The first kappa shape index (κ1) is 21.3. The second-order valence-corrected chi connectivity index (χ2v) is 9.83. The van der Waals surface area contributed by atoms with E-state index in [1.165, 1.54) is 41.5 Å². The average molecular weight is 470 g/mol. The van der Waals surface area contributed by atoms with E-state index in [0.29, 0.717) is 15.0 Å². The van der Waals surface area contributed by atoms with Crippen LogP contribution in [0, 0.1) is 0 Å². The molecule has 1 unspecified atom stereocenters. The van der Waals surface area contributed by atoms with Crippen LogP contribution in [-0.4, -0.2) is 77.0 Å². The normalized spacial score (nSPS) is 22.0. The third-order valence-corrected chi connectivity index (χ3v) is 8.06. The summed E-state index contributed by atoms with van der Waals surface area (Å²) < 4.78 is 26.9. The number of halogens is 2. The number of carboxylic acids is 1. The largest absolute Gasteiger partial charge is 0.477 e. The molecule has 0 spiro atoms. The lowest BCUT2D eigenvalue weighted by atomic mass is 10.1. The van der Waals surface area contributed by atoms with E-state index in [1.807, 2.05) is 5.32 Å². The Morgan fingerprint density at radius 1 is 1.50 bits per heavy atom. The molecule has 9 nitrogen and oxygen atoms in total. The van der Waals surface area contributed by atoms with E-state index in [2.05, 4.69) is 15.4 Å². The monoisotopic (exact) mass is 469 g/mol. The molecule has 0 aromatic carbocycles. The van der Waals surface area contributed by atoms with Crippen molar-refractivity contribution in [2.45, 2.75) is 21.7 Å². The Balaban J connectivity index is 1.69. The summed E-state index contributed by atoms with van der Waals surface area (Å²) in [7, 11) is 0. The summed E-state index contributed by atoms with van der Waals surface area (Å²) in [5, 5.41) is 18.3. The van der Waals surface area contributed by atoms with Gasteiger partial charge in [-0.25, -0.2) is 4.79 Å². The summed E-state index contributed by atoms with van der Waals surface area (Å²) in [4.78, 5) is 37.3. The standard InChI is InChI=1S/C13H13F2N5O4S4/c1-25-13(14,15)12(24)17-7-9(21)20-8(11(22)23)5(3-26-10(7)20)27-4-28-6-2-16-19-18-6/h2,7,10H,3-4H2,1H3,(H,17,24)(H,22,23)(H,16,18,19)/t7?,10-/m0/s1. The van der Waals surface area contributed by atoms with Crippen LogP contribution in [0.5, 0.6) is 0 Å². The van der Waals surface area contributed by atoms with Gasteiger partial charge in [-0.05, 0) is 6.26 Å². The van der Waals surface area contributed by atoms with Gasteiger partial charge in [-0.1, -0.05) is 23.5 Å². The van der Waals surface area contributed by atoms with Gasteiger partial charge in [0.25, 0.3) is 5.91 Å². The molecule has 3 heterocycles. The molecule has 2 atom stereocenters. The molecule has 0 aliphatic carbocycles. The van der Waals surface area contributed by atoms with Gasteiger partial charge in [0, 0.05) is 10.7 Å². The molecule has 28 heavy (non-hydrogen) atoms. The summed E-state index contributed by atoms with van der Waals surface area (Å²) in [6.45, 7) is 0. The van der Waals surface area contributed by atoms with Crippen molar-refractivity contribution >= 4 is 64.8 Å². The van der Waals surface area contributed by atoms with Crippen molar-refractivity contribution in [1.29, 1.82) is 0 Å². The molecule has 1 aromatic rings. The molecule has 3 N–H and O–H groups in total.